The van der Waals surface area contributed by atoms with Gasteiger partial charge in [-0.1, -0.05) is 6.07 Å². The maximum absolute atomic E-state index is 13.1. The predicted molar refractivity (Wildman–Crippen MR) is 60.7 cm³/mol. The molecule has 2 rings (SSSR count). The highest BCUT2D eigenvalue weighted by molar-refractivity contribution is 5.78. The van der Waals surface area contributed by atoms with E-state index in [4.69, 9.17) is 4.74 Å². The fraction of sp³-hybridized carbons (Fsp3) is 0.250. The smallest absolute Gasteiger partial charge is 0.319 e. The van der Waals surface area contributed by atoms with Gasteiger partial charge in [0.05, 0.1) is 12.6 Å². The van der Waals surface area contributed by atoms with Crippen LogP contribution in [0.3, 0.4) is 0 Å². The number of amides is 2. The molecule has 0 radical (unpaired) electrons. The minimum atomic E-state index is -0.943. The van der Waals surface area contributed by atoms with Gasteiger partial charge in [-0.3, -0.25) is 0 Å². The van der Waals surface area contributed by atoms with Crippen LogP contribution in [0.2, 0.25) is 0 Å². The molecule has 1 aromatic carbocycles. The summed E-state index contributed by atoms with van der Waals surface area (Å²) < 4.78 is 30.9. The SMILES string of the molecule is COCC1=C[C@@H](c2ccc(F)c(F)c2)NC(=O)N1. The van der Waals surface area contributed by atoms with Crippen molar-refractivity contribution >= 4 is 6.03 Å². The monoisotopic (exact) mass is 254 g/mol. The second kappa shape index (κ2) is 5.14. The molecule has 1 aliphatic heterocycles. The predicted octanol–water partition coefficient (Wildman–Crippen LogP) is 1.85. The first-order chi connectivity index (χ1) is 8.60. The van der Waals surface area contributed by atoms with Crippen LogP contribution in [0.5, 0.6) is 0 Å². The molecule has 1 heterocycles. The summed E-state index contributed by atoms with van der Waals surface area (Å²) in [4.78, 5) is 11.4. The van der Waals surface area contributed by atoms with Crippen LogP contribution in [0.1, 0.15) is 11.6 Å². The Kier molecular flexibility index (Phi) is 3.57. The van der Waals surface area contributed by atoms with Crippen molar-refractivity contribution in [3.05, 3.63) is 47.2 Å². The number of benzene rings is 1. The van der Waals surface area contributed by atoms with E-state index in [-0.39, 0.29) is 6.61 Å². The van der Waals surface area contributed by atoms with Gasteiger partial charge in [0.2, 0.25) is 0 Å². The van der Waals surface area contributed by atoms with Crippen molar-refractivity contribution in [3.8, 4) is 0 Å². The first-order valence-corrected chi connectivity index (χ1v) is 5.32. The molecule has 1 aliphatic rings. The fourth-order valence-corrected chi connectivity index (χ4v) is 1.73. The molecule has 0 aromatic heterocycles. The number of carbonyl (C=O) groups excluding carboxylic acids is 1. The molecule has 0 saturated heterocycles. The second-order valence-electron chi connectivity index (χ2n) is 3.87. The Hall–Kier alpha value is -1.95. The van der Waals surface area contributed by atoms with Crippen molar-refractivity contribution in [2.75, 3.05) is 13.7 Å². The van der Waals surface area contributed by atoms with E-state index in [9.17, 15) is 13.6 Å². The zero-order valence-electron chi connectivity index (χ0n) is 9.67. The molecule has 2 N–H and O–H groups in total. The average molecular weight is 254 g/mol. The van der Waals surface area contributed by atoms with Gasteiger partial charge in [-0.15, -0.1) is 0 Å². The molecule has 0 aliphatic carbocycles. The first-order valence-electron chi connectivity index (χ1n) is 5.32. The summed E-state index contributed by atoms with van der Waals surface area (Å²) in [5, 5.41) is 5.16. The molecule has 6 heteroatoms. The van der Waals surface area contributed by atoms with Crippen molar-refractivity contribution in [2.45, 2.75) is 6.04 Å². The minimum absolute atomic E-state index is 0.244. The third-order valence-electron chi connectivity index (χ3n) is 2.53. The number of ether oxygens (including phenoxy) is 1. The molecule has 96 valence electrons. The summed E-state index contributed by atoms with van der Waals surface area (Å²) in [5.41, 5.74) is 1.05. The zero-order chi connectivity index (χ0) is 13.1. The average Bonchev–Trinajstić information content (AvgIpc) is 2.32. The topological polar surface area (TPSA) is 50.4 Å². The Morgan fingerprint density at radius 2 is 2.11 bits per heavy atom. The van der Waals surface area contributed by atoms with E-state index in [1.165, 1.54) is 13.2 Å². The summed E-state index contributed by atoms with van der Waals surface area (Å²) in [5.74, 6) is -1.86. The van der Waals surface area contributed by atoms with Crippen LogP contribution in [0.15, 0.2) is 30.0 Å². The Balaban J connectivity index is 2.28. The maximum Gasteiger partial charge on any atom is 0.319 e. The standard InChI is InChI=1S/C12H12F2N2O2/c1-18-6-8-5-11(16-12(17)15-8)7-2-3-9(13)10(14)4-7/h2-5,11H,6H2,1H3,(H2,15,16,17)/t11-/m0/s1. The van der Waals surface area contributed by atoms with Crippen LogP contribution < -0.4 is 10.6 Å². The fourth-order valence-electron chi connectivity index (χ4n) is 1.73. The van der Waals surface area contributed by atoms with Gasteiger partial charge in [-0.25, -0.2) is 13.6 Å². The zero-order valence-corrected chi connectivity index (χ0v) is 9.67. The Morgan fingerprint density at radius 3 is 2.78 bits per heavy atom. The van der Waals surface area contributed by atoms with Gasteiger partial charge in [0.15, 0.2) is 11.6 Å². The lowest BCUT2D eigenvalue weighted by atomic mass is 10.0. The normalized spacial score (nSPS) is 18.9. The quantitative estimate of drug-likeness (QED) is 0.864. The third-order valence-corrected chi connectivity index (χ3v) is 2.53. The number of rotatable bonds is 3. The Bertz CT molecular complexity index is 503. The van der Waals surface area contributed by atoms with E-state index in [2.05, 4.69) is 10.6 Å². The third kappa shape index (κ3) is 2.65. The maximum atomic E-state index is 13.1. The number of methoxy groups -OCH3 is 1. The number of urea groups is 1. The van der Waals surface area contributed by atoms with Crippen molar-refractivity contribution < 1.29 is 18.3 Å². The van der Waals surface area contributed by atoms with E-state index in [1.807, 2.05) is 0 Å². The summed E-state index contributed by atoms with van der Waals surface area (Å²) in [6.45, 7) is 0.244. The van der Waals surface area contributed by atoms with Gasteiger partial charge in [-0.05, 0) is 23.8 Å². The van der Waals surface area contributed by atoms with Crippen molar-refractivity contribution in [2.24, 2.45) is 0 Å². The molecule has 1 aromatic rings. The highest BCUT2D eigenvalue weighted by Crippen LogP contribution is 2.20. The van der Waals surface area contributed by atoms with E-state index >= 15 is 0 Å². The second-order valence-corrected chi connectivity index (χ2v) is 3.87. The van der Waals surface area contributed by atoms with Gasteiger partial charge in [0.25, 0.3) is 0 Å². The number of hydrogen-bond acceptors (Lipinski definition) is 2. The van der Waals surface area contributed by atoms with Crippen LogP contribution in [-0.4, -0.2) is 19.7 Å². The van der Waals surface area contributed by atoms with Crippen molar-refractivity contribution in [3.63, 3.8) is 0 Å². The van der Waals surface area contributed by atoms with E-state index in [1.54, 1.807) is 6.08 Å². The van der Waals surface area contributed by atoms with Gasteiger partial charge in [0.1, 0.15) is 0 Å². The molecular formula is C12H12F2N2O2. The lowest BCUT2D eigenvalue weighted by molar-refractivity contribution is 0.210. The molecule has 0 saturated carbocycles. The minimum Gasteiger partial charge on any atom is -0.378 e. The molecule has 0 fully saturated rings. The van der Waals surface area contributed by atoms with Gasteiger partial charge in [0, 0.05) is 12.8 Å². The first kappa shape index (κ1) is 12.5. The lowest BCUT2D eigenvalue weighted by Crippen LogP contribution is -2.42. The Morgan fingerprint density at radius 1 is 1.33 bits per heavy atom. The molecule has 0 bridgehead atoms. The van der Waals surface area contributed by atoms with Crippen molar-refractivity contribution in [1.29, 1.82) is 0 Å². The number of nitrogens with one attached hydrogen (secondary N) is 2. The highest BCUT2D eigenvalue weighted by atomic mass is 19.2. The number of halogens is 2. The van der Waals surface area contributed by atoms with Gasteiger partial charge in [-0.2, -0.15) is 0 Å². The molecular weight excluding hydrogens is 242 g/mol. The van der Waals surface area contributed by atoms with Crippen LogP contribution in [0.25, 0.3) is 0 Å². The number of carbonyl (C=O) groups is 1. The summed E-state index contributed by atoms with van der Waals surface area (Å²) in [7, 11) is 1.50. The van der Waals surface area contributed by atoms with E-state index in [0.29, 0.717) is 11.3 Å². The summed E-state index contributed by atoms with van der Waals surface area (Å²) in [6.07, 6.45) is 1.69. The highest BCUT2D eigenvalue weighted by Gasteiger charge is 2.20. The molecule has 1 atom stereocenters. The van der Waals surface area contributed by atoms with E-state index < -0.39 is 23.7 Å². The summed E-state index contributed by atoms with van der Waals surface area (Å²) >= 11 is 0. The van der Waals surface area contributed by atoms with Crippen LogP contribution in [0.4, 0.5) is 13.6 Å². The molecule has 0 spiro atoms. The molecule has 2 amide bonds. The van der Waals surface area contributed by atoms with Crippen molar-refractivity contribution in [1.82, 2.24) is 10.6 Å². The summed E-state index contributed by atoms with van der Waals surface area (Å²) in [6, 6.07) is 2.61. The largest absolute Gasteiger partial charge is 0.378 e. The van der Waals surface area contributed by atoms with Crippen LogP contribution in [-0.2, 0) is 4.74 Å². The lowest BCUT2D eigenvalue weighted by Gasteiger charge is -2.23. The molecule has 4 nitrogen and oxygen atoms in total. The Labute approximate surface area is 103 Å². The number of hydrogen-bond donors (Lipinski definition) is 2. The van der Waals surface area contributed by atoms with Crippen LogP contribution in [0, 0.1) is 11.6 Å². The molecule has 18 heavy (non-hydrogen) atoms. The van der Waals surface area contributed by atoms with E-state index in [0.717, 1.165) is 12.1 Å². The van der Waals surface area contributed by atoms with Crippen LogP contribution >= 0.6 is 0 Å². The van der Waals surface area contributed by atoms with Gasteiger partial charge < -0.3 is 15.4 Å². The molecule has 0 unspecified atom stereocenters. The van der Waals surface area contributed by atoms with Gasteiger partial charge >= 0.3 is 6.03 Å².